The fraction of sp³-hybridized carbons (Fsp3) is 0.182. The first-order chi connectivity index (χ1) is 13.0. The third-order valence-electron chi connectivity index (χ3n) is 4.58. The Morgan fingerprint density at radius 2 is 1.56 bits per heavy atom. The Balaban J connectivity index is 1.74. The van der Waals surface area contributed by atoms with Gasteiger partial charge in [-0.2, -0.15) is 0 Å². The number of benzene rings is 3. The van der Waals surface area contributed by atoms with Crippen molar-refractivity contribution in [3.63, 3.8) is 0 Å². The van der Waals surface area contributed by atoms with Gasteiger partial charge in [0, 0.05) is 0 Å². The number of fused-ring (bicyclic) bond motifs is 1. The largest absolute Gasteiger partial charge is 0.352 e. The highest BCUT2D eigenvalue weighted by atomic mass is 16.2. The molecule has 0 aromatic heterocycles. The second-order valence-electron chi connectivity index (χ2n) is 6.53. The highest BCUT2D eigenvalue weighted by molar-refractivity contribution is 5.87. The maximum Gasteiger partial charge on any atom is 0.312 e. The number of nitrogens with two attached hydrogens (primary N) is 1. The molecule has 0 spiro atoms. The molecule has 0 fully saturated rings. The fourth-order valence-electron chi connectivity index (χ4n) is 3.30. The minimum atomic E-state index is -0.654. The molecule has 3 rings (SSSR count). The summed E-state index contributed by atoms with van der Waals surface area (Å²) in [6, 6.07) is 22.2. The smallest absolute Gasteiger partial charge is 0.312 e. The fourth-order valence-corrected chi connectivity index (χ4v) is 3.30. The minimum absolute atomic E-state index is 0.113. The zero-order valence-electron chi connectivity index (χ0n) is 15.2. The Bertz CT molecular complexity index is 935. The molecule has 2 atom stereocenters. The van der Waals surface area contributed by atoms with E-state index in [0.29, 0.717) is 0 Å². The van der Waals surface area contributed by atoms with Crippen LogP contribution >= 0.6 is 0 Å². The van der Waals surface area contributed by atoms with Gasteiger partial charge in [0.05, 0.1) is 18.5 Å². The molecule has 0 aliphatic carbocycles. The number of amides is 3. The lowest BCUT2D eigenvalue weighted by Crippen LogP contribution is -2.37. The Hall–Kier alpha value is -3.34. The van der Waals surface area contributed by atoms with Crippen LogP contribution in [0, 0.1) is 0 Å². The van der Waals surface area contributed by atoms with Gasteiger partial charge in [-0.15, -0.1) is 0 Å². The molecule has 0 radical (unpaired) electrons. The monoisotopic (exact) mass is 361 g/mol. The van der Waals surface area contributed by atoms with Crippen LogP contribution in [0.4, 0.5) is 4.79 Å². The van der Waals surface area contributed by atoms with Crippen LogP contribution in [0.1, 0.15) is 36.6 Å². The summed E-state index contributed by atoms with van der Waals surface area (Å²) in [5.41, 5.74) is 7.17. The molecule has 3 aromatic rings. The number of primary amides is 1. The van der Waals surface area contributed by atoms with E-state index in [4.69, 9.17) is 5.73 Å². The van der Waals surface area contributed by atoms with Gasteiger partial charge < -0.3 is 16.4 Å². The molecular formula is C22H23N3O2. The van der Waals surface area contributed by atoms with Gasteiger partial charge in [0.15, 0.2) is 0 Å². The number of urea groups is 1. The molecule has 3 aromatic carbocycles. The Labute approximate surface area is 158 Å². The molecule has 0 bridgehead atoms. The lowest BCUT2D eigenvalue weighted by Gasteiger charge is -2.21. The van der Waals surface area contributed by atoms with Crippen LogP contribution in [0.3, 0.4) is 0 Å². The van der Waals surface area contributed by atoms with Crippen LogP contribution in [-0.4, -0.2) is 11.9 Å². The van der Waals surface area contributed by atoms with Crippen molar-refractivity contribution in [2.75, 3.05) is 0 Å². The average Bonchev–Trinajstić information content (AvgIpc) is 2.67. The standard InChI is InChI=1S/C22H23N3O2/c1-15(18-13-7-11-16-8-5-6-12-19(16)18)24-21(26)14-20(25-22(23)27)17-9-3-2-4-10-17/h2-13,15,20H,14H2,1H3,(H,24,26)(H3,23,25,27). The first-order valence-electron chi connectivity index (χ1n) is 8.92. The number of carbonyl (C=O) groups excluding carboxylic acids is 2. The first-order valence-corrected chi connectivity index (χ1v) is 8.92. The highest BCUT2D eigenvalue weighted by Crippen LogP contribution is 2.24. The maximum atomic E-state index is 12.6. The maximum absolute atomic E-state index is 12.6. The van der Waals surface area contributed by atoms with Crippen LogP contribution in [0.25, 0.3) is 10.8 Å². The van der Waals surface area contributed by atoms with Crippen molar-refractivity contribution >= 4 is 22.7 Å². The third kappa shape index (κ3) is 4.64. The summed E-state index contributed by atoms with van der Waals surface area (Å²) < 4.78 is 0. The number of hydrogen-bond acceptors (Lipinski definition) is 2. The summed E-state index contributed by atoms with van der Waals surface area (Å²) >= 11 is 0. The third-order valence-corrected chi connectivity index (χ3v) is 4.58. The van der Waals surface area contributed by atoms with Gasteiger partial charge in [-0.3, -0.25) is 4.79 Å². The van der Waals surface area contributed by atoms with E-state index in [1.165, 1.54) is 0 Å². The van der Waals surface area contributed by atoms with E-state index in [9.17, 15) is 9.59 Å². The predicted octanol–water partition coefficient (Wildman–Crippen LogP) is 3.82. The predicted molar refractivity (Wildman–Crippen MR) is 107 cm³/mol. The number of carbonyl (C=O) groups is 2. The average molecular weight is 361 g/mol. The van der Waals surface area contributed by atoms with Crippen LogP contribution in [-0.2, 0) is 4.79 Å². The molecular weight excluding hydrogens is 338 g/mol. The highest BCUT2D eigenvalue weighted by Gasteiger charge is 2.19. The van der Waals surface area contributed by atoms with Crippen molar-refractivity contribution in [3.8, 4) is 0 Å². The summed E-state index contributed by atoms with van der Waals surface area (Å²) in [7, 11) is 0. The van der Waals surface area contributed by atoms with Crippen LogP contribution in [0.15, 0.2) is 72.8 Å². The van der Waals surface area contributed by atoms with Crippen molar-refractivity contribution in [3.05, 3.63) is 83.9 Å². The van der Waals surface area contributed by atoms with Gasteiger partial charge in [0.25, 0.3) is 0 Å². The summed E-state index contributed by atoms with van der Waals surface area (Å²) in [5.74, 6) is -0.155. The van der Waals surface area contributed by atoms with Crippen molar-refractivity contribution in [2.24, 2.45) is 5.73 Å². The van der Waals surface area contributed by atoms with Gasteiger partial charge in [-0.25, -0.2) is 4.79 Å². The molecule has 0 aliphatic rings. The molecule has 0 heterocycles. The zero-order chi connectivity index (χ0) is 19.2. The van der Waals surface area contributed by atoms with E-state index in [0.717, 1.165) is 21.9 Å². The Morgan fingerprint density at radius 1 is 0.889 bits per heavy atom. The summed E-state index contributed by atoms with van der Waals surface area (Å²) in [4.78, 5) is 24.0. The van der Waals surface area contributed by atoms with E-state index >= 15 is 0 Å². The van der Waals surface area contributed by atoms with Gasteiger partial charge >= 0.3 is 6.03 Å². The van der Waals surface area contributed by atoms with Crippen molar-refractivity contribution in [1.82, 2.24) is 10.6 Å². The number of rotatable bonds is 6. The number of hydrogen-bond donors (Lipinski definition) is 3. The van der Waals surface area contributed by atoms with Crippen LogP contribution in [0.5, 0.6) is 0 Å². The summed E-state index contributed by atoms with van der Waals surface area (Å²) in [5, 5.41) is 7.93. The second kappa shape index (κ2) is 8.36. The van der Waals surface area contributed by atoms with E-state index in [-0.39, 0.29) is 18.4 Å². The molecule has 5 nitrogen and oxygen atoms in total. The topological polar surface area (TPSA) is 84.2 Å². The summed E-state index contributed by atoms with van der Waals surface area (Å²) in [6.45, 7) is 1.96. The quantitative estimate of drug-likeness (QED) is 0.624. The lowest BCUT2D eigenvalue weighted by molar-refractivity contribution is -0.122. The normalized spacial score (nSPS) is 12.9. The van der Waals surface area contributed by atoms with Crippen molar-refractivity contribution < 1.29 is 9.59 Å². The first kappa shape index (κ1) is 18.5. The molecule has 0 aliphatic heterocycles. The minimum Gasteiger partial charge on any atom is -0.352 e. The van der Waals surface area contributed by atoms with Gasteiger partial charge in [0.1, 0.15) is 0 Å². The molecule has 27 heavy (non-hydrogen) atoms. The molecule has 5 heteroatoms. The van der Waals surface area contributed by atoms with E-state index < -0.39 is 12.1 Å². The Morgan fingerprint density at radius 3 is 2.30 bits per heavy atom. The van der Waals surface area contributed by atoms with Gasteiger partial charge in [-0.05, 0) is 28.8 Å². The summed E-state index contributed by atoms with van der Waals surface area (Å²) in [6.07, 6.45) is 0.113. The molecule has 138 valence electrons. The van der Waals surface area contributed by atoms with Gasteiger partial charge in [-0.1, -0.05) is 72.8 Å². The SMILES string of the molecule is CC(NC(=O)CC(NC(N)=O)c1ccccc1)c1cccc2ccccc12. The van der Waals surface area contributed by atoms with E-state index in [1.807, 2.05) is 61.5 Å². The molecule has 0 saturated carbocycles. The Kier molecular flexibility index (Phi) is 5.71. The van der Waals surface area contributed by atoms with Crippen molar-refractivity contribution in [2.45, 2.75) is 25.4 Å². The van der Waals surface area contributed by atoms with Crippen LogP contribution < -0.4 is 16.4 Å². The van der Waals surface area contributed by atoms with Crippen molar-refractivity contribution in [1.29, 1.82) is 0 Å². The molecule has 3 amide bonds. The second-order valence-corrected chi connectivity index (χ2v) is 6.53. The van der Waals surface area contributed by atoms with Crippen LogP contribution in [0.2, 0.25) is 0 Å². The van der Waals surface area contributed by atoms with E-state index in [2.05, 4.69) is 28.8 Å². The number of nitrogens with one attached hydrogen (secondary N) is 2. The zero-order valence-corrected chi connectivity index (χ0v) is 15.2. The molecule has 2 unspecified atom stereocenters. The molecule has 4 N–H and O–H groups in total. The van der Waals surface area contributed by atoms with Gasteiger partial charge in [0.2, 0.25) is 5.91 Å². The molecule has 0 saturated heterocycles. The van der Waals surface area contributed by atoms with E-state index in [1.54, 1.807) is 0 Å². The lowest BCUT2D eigenvalue weighted by atomic mass is 9.99.